The van der Waals surface area contributed by atoms with Gasteiger partial charge in [-0.05, 0) is 42.7 Å². The van der Waals surface area contributed by atoms with E-state index in [0.29, 0.717) is 41.0 Å². The van der Waals surface area contributed by atoms with Crippen LogP contribution >= 0.6 is 11.8 Å². The maximum atomic E-state index is 12.7. The van der Waals surface area contributed by atoms with Crippen molar-refractivity contribution >= 4 is 33.4 Å². The molecule has 0 spiro atoms. The van der Waals surface area contributed by atoms with Crippen molar-refractivity contribution in [3.8, 4) is 0 Å². The van der Waals surface area contributed by atoms with E-state index in [4.69, 9.17) is 0 Å². The lowest BCUT2D eigenvalue weighted by Crippen LogP contribution is -2.35. The largest absolute Gasteiger partial charge is 0.325 e. The van der Waals surface area contributed by atoms with Gasteiger partial charge in [0.25, 0.3) is 5.76 Å². The van der Waals surface area contributed by atoms with Crippen molar-refractivity contribution in [2.45, 2.75) is 41.2 Å². The first-order valence-corrected chi connectivity index (χ1v) is 11.6. The van der Waals surface area contributed by atoms with Crippen LogP contribution in [-0.2, 0) is 21.2 Å². The molecular weight excluding hydrogens is 418 g/mol. The Hall–Kier alpha value is -1.97. The van der Waals surface area contributed by atoms with E-state index < -0.39 is 15.8 Å². The second-order valence-corrected chi connectivity index (χ2v) is 9.68. The van der Waals surface area contributed by atoms with Crippen LogP contribution in [0.25, 0.3) is 0 Å². The van der Waals surface area contributed by atoms with E-state index in [1.54, 1.807) is 30.3 Å². The van der Waals surface area contributed by atoms with Gasteiger partial charge in [0.15, 0.2) is 0 Å². The van der Waals surface area contributed by atoms with Gasteiger partial charge in [-0.1, -0.05) is 42.4 Å². The molecule has 0 saturated carbocycles. The van der Waals surface area contributed by atoms with E-state index in [1.165, 1.54) is 22.5 Å². The topological polar surface area (TPSA) is 66.5 Å². The van der Waals surface area contributed by atoms with Crippen LogP contribution in [0.5, 0.6) is 0 Å². The lowest BCUT2D eigenvalue weighted by atomic mass is 10.1. The summed E-state index contributed by atoms with van der Waals surface area (Å²) >= 11 is 0.372. The van der Waals surface area contributed by atoms with Gasteiger partial charge in [0, 0.05) is 18.0 Å². The van der Waals surface area contributed by atoms with E-state index in [1.807, 2.05) is 0 Å². The second-order valence-electron chi connectivity index (χ2n) is 6.71. The summed E-state index contributed by atoms with van der Waals surface area (Å²) in [6.45, 7) is 1.06. The van der Waals surface area contributed by atoms with Crippen LogP contribution in [0.3, 0.4) is 0 Å². The minimum atomic E-state index is -3.51. The van der Waals surface area contributed by atoms with E-state index >= 15 is 0 Å². The smallest absolute Gasteiger partial charge is 0.288 e. The van der Waals surface area contributed by atoms with Gasteiger partial charge in [0.1, 0.15) is 0 Å². The van der Waals surface area contributed by atoms with Crippen molar-refractivity contribution in [2.75, 3.05) is 18.4 Å². The molecule has 0 atom stereocenters. The Balaban J connectivity index is 1.65. The Bertz CT molecular complexity index is 944. The summed E-state index contributed by atoms with van der Waals surface area (Å²) < 4.78 is 52.1. The Labute approximate surface area is 173 Å². The molecule has 0 unspecified atom stereocenters. The summed E-state index contributed by atoms with van der Waals surface area (Å²) in [5.74, 6) is -2.94. The van der Waals surface area contributed by atoms with Crippen LogP contribution in [0.4, 0.5) is 14.5 Å². The molecule has 1 fully saturated rings. The number of hydrogen-bond donors (Lipinski definition) is 1. The Kier molecular flexibility index (Phi) is 7.26. The van der Waals surface area contributed by atoms with Crippen LogP contribution in [0.1, 0.15) is 24.8 Å². The average molecular weight is 441 g/mol. The van der Waals surface area contributed by atoms with Gasteiger partial charge in [-0.3, -0.25) is 4.79 Å². The summed E-state index contributed by atoms with van der Waals surface area (Å²) in [5, 5.41) is 2.64. The number of carbonyl (C=O) groups excluding carboxylic acids is 1. The molecule has 0 aliphatic carbocycles. The lowest BCUT2D eigenvalue weighted by Gasteiger charge is -2.25. The van der Waals surface area contributed by atoms with E-state index in [0.717, 1.165) is 19.3 Å². The SMILES string of the molecule is O=C(Cc1ccc(S(=O)(=O)N2CCCCC2)cc1)Nc1ccccc1SC(F)F. The monoisotopic (exact) mass is 440 g/mol. The van der Waals surface area contributed by atoms with Crippen molar-refractivity contribution < 1.29 is 22.0 Å². The molecule has 2 aromatic carbocycles. The zero-order chi connectivity index (χ0) is 20.9. The van der Waals surface area contributed by atoms with Crippen molar-refractivity contribution in [1.29, 1.82) is 0 Å². The molecule has 0 radical (unpaired) electrons. The fourth-order valence-electron chi connectivity index (χ4n) is 3.18. The van der Waals surface area contributed by atoms with Gasteiger partial charge in [-0.25, -0.2) is 8.42 Å². The number of rotatable bonds is 7. The maximum absolute atomic E-state index is 12.7. The first-order chi connectivity index (χ1) is 13.9. The third kappa shape index (κ3) is 5.77. The zero-order valence-corrected chi connectivity index (χ0v) is 17.3. The molecule has 156 valence electrons. The highest BCUT2D eigenvalue weighted by molar-refractivity contribution is 7.99. The molecule has 1 saturated heterocycles. The fraction of sp³-hybridized carbons (Fsp3) is 0.350. The van der Waals surface area contributed by atoms with E-state index in [9.17, 15) is 22.0 Å². The molecule has 2 aromatic rings. The van der Waals surface area contributed by atoms with Crippen LogP contribution in [0.15, 0.2) is 58.3 Å². The molecule has 1 heterocycles. The molecule has 5 nitrogen and oxygen atoms in total. The highest BCUT2D eigenvalue weighted by Crippen LogP contribution is 2.31. The number of para-hydroxylation sites is 1. The number of piperidine rings is 1. The Morgan fingerprint density at radius 3 is 2.34 bits per heavy atom. The van der Waals surface area contributed by atoms with Crippen molar-refractivity contribution in [1.82, 2.24) is 4.31 Å². The van der Waals surface area contributed by atoms with Crippen LogP contribution < -0.4 is 5.32 Å². The predicted octanol–water partition coefficient (Wildman–Crippen LogP) is 4.36. The normalized spacial score (nSPS) is 15.4. The van der Waals surface area contributed by atoms with Gasteiger partial charge in [-0.2, -0.15) is 13.1 Å². The van der Waals surface area contributed by atoms with Crippen molar-refractivity contribution in [2.24, 2.45) is 0 Å². The maximum Gasteiger partial charge on any atom is 0.288 e. The minimum Gasteiger partial charge on any atom is -0.325 e. The van der Waals surface area contributed by atoms with Gasteiger partial charge >= 0.3 is 0 Å². The van der Waals surface area contributed by atoms with Crippen LogP contribution in [0, 0.1) is 0 Å². The molecule has 0 bridgehead atoms. The molecule has 1 N–H and O–H groups in total. The molecule has 1 amide bonds. The number of sulfonamides is 1. The first-order valence-electron chi connectivity index (χ1n) is 9.29. The molecule has 9 heteroatoms. The number of amides is 1. The Morgan fingerprint density at radius 1 is 1.03 bits per heavy atom. The number of nitrogens with zero attached hydrogens (tertiary/aromatic N) is 1. The minimum absolute atomic E-state index is 0.0116. The summed E-state index contributed by atoms with van der Waals surface area (Å²) in [7, 11) is -3.51. The summed E-state index contributed by atoms with van der Waals surface area (Å²) in [5.41, 5.74) is 0.964. The van der Waals surface area contributed by atoms with Crippen LogP contribution in [-0.4, -0.2) is 37.5 Å². The van der Waals surface area contributed by atoms with Gasteiger partial charge in [0.05, 0.1) is 17.0 Å². The fourth-order valence-corrected chi connectivity index (χ4v) is 5.29. The number of carbonyl (C=O) groups is 1. The number of alkyl halides is 2. The highest BCUT2D eigenvalue weighted by Gasteiger charge is 2.25. The lowest BCUT2D eigenvalue weighted by molar-refractivity contribution is -0.115. The third-order valence-corrected chi connectivity index (χ3v) is 7.32. The van der Waals surface area contributed by atoms with Gasteiger partial charge < -0.3 is 5.32 Å². The predicted molar refractivity (Wildman–Crippen MR) is 110 cm³/mol. The van der Waals surface area contributed by atoms with Crippen molar-refractivity contribution in [3.63, 3.8) is 0 Å². The van der Waals surface area contributed by atoms with E-state index in [2.05, 4.69) is 5.32 Å². The highest BCUT2D eigenvalue weighted by atomic mass is 32.2. The Morgan fingerprint density at radius 2 is 1.69 bits per heavy atom. The number of anilines is 1. The summed E-state index contributed by atoms with van der Waals surface area (Å²) in [6.07, 6.45) is 2.78. The number of hydrogen-bond acceptors (Lipinski definition) is 4. The molecule has 29 heavy (non-hydrogen) atoms. The molecule has 3 rings (SSSR count). The van der Waals surface area contributed by atoms with Gasteiger partial charge in [0.2, 0.25) is 15.9 Å². The third-order valence-electron chi connectivity index (χ3n) is 4.62. The van der Waals surface area contributed by atoms with E-state index in [-0.39, 0.29) is 17.2 Å². The average Bonchev–Trinajstić information content (AvgIpc) is 2.70. The first kappa shape index (κ1) is 21.7. The number of thioether (sulfide) groups is 1. The second kappa shape index (κ2) is 9.69. The molecule has 1 aliphatic rings. The number of benzene rings is 2. The standard InChI is InChI=1S/C20H22F2N2O3S2/c21-20(22)28-18-7-3-2-6-17(18)23-19(25)14-15-8-10-16(11-9-15)29(26,27)24-12-4-1-5-13-24/h2-3,6-11,20H,1,4-5,12-14H2,(H,23,25). The van der Waals surface area contributed by atoms with Crippen LogP contribution in [0.2, 0.25) is 0 Å². The zero-order valence-electron chi connectivity index (χ0n) is 15.7. The molecule has 0 aromatic heterocycles. The molecule has 1 aliphatic heterocycles. The molecular formula is C20H22F2N2O3S2. The number of nitrogens with one attached hydrogen (secondary N) is 1. The van der Waals surface area contributed by atoms with Crippen molar-refractivity contribution in [3.05, 3.63) is 54.1 Å². The summed E-state index contributed by atoms with van der Waals surface area (Å²) in [6, 6.07) is 12.6. The quantitative estimate of drug-likeness (QED) is 0.650. The van der Waals surface area contributed by atoms with Gasteiger partial charge in [-0.15, -0.1) is 0 Å². The number of halogens is 2. The summed E-state index contributed by atoms with van der Waals surface area (Å²) in [4.78, 5) is 12.8.